The van der Waals surface area contributed by atoms with Gasteiger partial charge < -0.3 is 0 Å². The van der Waals surface area contributed by atoms with Crippen molar-refractivity contribution in [3.8, 4) is 0 Å². The average molecular weight is 154 g/mol. The van der Waals surface area contributed by atoms with E-state index in [0.29, 0.717) is 0 Å². The number of aromatic nitrogens is 2. The molecule has 1 heterocycles. The summed E-state index contributed by atoms with van der Waals surface area (Å²) in [5.74, 6) is 0. The molecule has 0 amide bonds. The fraction of sp³-hybridized carbons (Fsp3) is 0.667. The molecular weight excluding hydrogens is 136 g/mol. The fourth-order valence-electron chi connectivity index (χ4n) is 0.995. The van der Waals surface area contributed by atoms with Crippen LogP contribution in [0.15, 0.2) is 6.07 Å². The summed E-state index contributed by atoms with van der Waals surface area (Å²) in [5, 5.41) is 4.20. The second-order valence-electron chi connectivity index (χ2n) is 2.25. The van der Waals surface area contributed by atoms with Crippen LogP contribution in [-0.2, 0) is 13.5 Å². The van der Waals surface area contributed by atoms with Crippen molar-refractivity contribution in [3.05, 3.63) is 17.5 Å². The number of hydrogen-bond donors (Lipinski definition) is 0. The molecule has 0 saturated carbocycles. The molecule has 0 spiro atoms. The Morgan fingerprint density at radius 1 is 1.45 bits per heavy atom. The fourth-order valence-corrected chi connectivity index (χ4v) is 0.995. The van der Waals surface area contributed by atoms with Gasteiger partial charge in [0.05, 0.1) is 5.69 Å². The van der Waals surface area contributed by atoms with E-state index in [1.54, 1.807) is 0 Å². The summed E-state index contributed by atoms with van der Waals surface area (Å²) in [6.07, 6.45) is 1.07. The summed E-state index contributed by atoms with van der Waals surface area (Å²) in [6, 6.07) is 2.11. The Labute approximate surface area is 69.2 Å². The highest BCUT2D eigenvalue weighted by Crippen LogP contribution is 2.00. The van der Waals surface area contributed by atoms with Crippen molar-refractivity contribution in [2.75, 3.05) is 0 Å². The average Bonchev–Trinajstić information content (AvgIpc) is 2.33. The first-order valence-electron chi connectivity index (χ1n) is 4.23. The molecule has 0 atom stereocenters. The molecular formula is C9H18N2. The molecule has 0 fully saturated rings. The highest BCUT2D eigenvalue weighted by Gasteiger charge is 1.96. The van der Waals surface area contributed by atoms with E-state index in [4.69, 9.17) is 0 Å². The van der Waals surface area contributed by atoms with Crippen LogP contribution in [0.4, 0.5) is 0 Å². The zero-order valence-electron chi connectivity index (χ0n) is 8.18. The van der Waals surface area contributed by atoms with Crippen LogP contribution in [0.1, 0.15) is 32.2 Å². The summed E-state index contributed by atoms with van der Waals surface area (Å²) in [6.45, 7) is 8.15. The third-order valence-corrected chi connectivity index (χ3v) is 1.46. The number of rotatable bonds is 1. The zero-order chi connectivity index (χ0) is 8.85. The lowest BCUT2D eigenvalue weighted by Crippen LogP contribution is -1.95. The number of aryl methyl sites for hydroxylation is 3. The molecule has 0 unspecified atom stereocenters. The molecule has 0 aliphatic carbocycles. The van der Waals surface area contributed by atoms with E-state index in [-0.39, 0.29) is 0 Å². The molecule has 2 heteroatoms. The minimum atomic E-state index is 1.07. The quantitative estimate of drug-likeness (QED) is 0.607. The van der Waals surface area contributed by atoms with Crippen molar-refractivity contribution in [1.82, 2.24) is 9.78 Å². The SMILES string of the molecule is CC.CCc1cc(C)nn1C. The molecule has 0 saturated heterocycles. The van der Waals surface area contributed by atoms with Gasteiger partial charge >= 0.3 is 0 Å². The maximum atomic E-state index is 4.20. The smallest absolute Gasteiger partial charge is 0.0596 e. The zero-order valence-corrected chi connectivity index (χ0v) is 8.18. The van der Waals surface area contributed by atoms with Gasteiger partial charge in [0.25, 0.3) is 0 Å². The van der Waals surface area contributed by atoms with Gasteiger partial charge in [0.15, 0.2) is 0 Å². The highest BCUT2D eigenvalue weighted by molar-refractivity contribution is 5.07. The second-order valence-corrected chi connectivity index (χ2v) is 2.25. The van der Waals surface area contributed by atoms with E-state index < -0.39 is 0 Å². The summed E-state index contributed by atoms with van der Waals surface area (Å²) in [5.41, 5.74) is 2.40. The lowest BCUT2D eigenvalue weighted by molar-refractivity contribution is 0.711. The summed E-state index contributed by atoms with van der Waals surface area (Å²) in [4.78, 5) is 0. The minimum Gasteiger partial charge on any atom is -0.272 e. The molecule has 11 heavy (non-hydrogen) atoms. The van der Waals surface area contributed by atoms with E-state index in [1.807, 2.05) is 32.5 Å². The monoisotopic (exact) mass is 154 g/mol. The van der Waals surface area contributed by atoms with Gasteiger partial charge in [0, 0.05) is 12.7 Å². The maximum Gasteiger partial charge on any atom is 0.0596 e. The van der Waals surface area contributed by atoms with Gasteiger partial charge in [-0.2, -0.15) is 5.10 Å². The van der Waals surface area contributed by atoms with Gasteiger partial charge in [-0.25, -0.2) is 0 Å². The van der Waals surface area contributed by atoms with Gasteiger partial charge in [-0.1, -0.05) is 20.8 Å². The van der Waals surface area contributed by atoms with Crippen LogP contribution in [0.25, 0.3) is 0 Å². The van der Waals surface area contributed by atoms with Gasteiger partial charge in [-0.05, 0) is 19.4 Å². The number of nitrogens with zero attached hydrogens (tertiary/aromatic N) is 2. The Morgan fingerprint density at radius 3 is 2.18 bits per heavy atom. The highest BCUT2D eigenvalue weighted by atomic mass is 15.3. The van der Waals surface area contributed by atoms with Crippen LogP contribution in [0.3, 0.4) is 0 Å². The molecule has 64 valence electrons. The molecule has 1 aromatic rings. The Kier molecular flexibility index (Phi) is 4.59. The van der Waals surface area contributed by atoms with Crippen LogP contribution in [0, 0.1) is 6.92 Å². The van der Waals surface area contributed by atoms with E-state index in [0.717, 1.165) is 12.1 Å². The van der Waals surface area contributed by atoms with Crippen molar-refractivity contribution in [1.29, 1.82) is 0 Å². The van der Waals surface area contributed by atoms with Crippen molar-refractivity contribution in [3.63, 3.8) is 0 Å². The van der Waals surface area contributed by atoms with E-state index >= 15 is 0 Å². The van der Waals surface area contributed by atoms with Crippen molar-refractivity contribution in [2.24, 2.45) is 7.05 Å². The first-order valence-corrected chi connectivity index (χ1v) is 4.23. The van der Waals surface area contributed by atoms with E-state index in [2.05, 4.69) is 18.1 Å². The van der Waals surface area contributed by atoms with Crippen molar-refractivity contribution < 1.29 is 0 Å². The molecule has 1 rings (SSSR count). The first-order chi connectivity index (χ1) is 5.24. The molecule has 0 N–H and O–H groups in total. The Hall–Kier alpha value is -0.790. The van der Waals surface area contributed by atoms with Gasteiger partial charge in [0.2, 0.25) is 0 Å². The predicted octanol–water partition coefficient (Wildman–Crippen LogP) is 2.32. The first kappa shape index (κ1) is 10.2. The van der Waals surface area contributed by atoms with E-state index in [9.17, 15) is 0 Å². The van der Waals surface area contributed by atoms with Crippen LogP contribution < -0.4 is 0 Å². The van der Waals surface area contributed by atoms with Gasteiger partial charge in [-0.3, -0.25) is 4.68 Å². The summed E-state index contributed by atoms with van der Waals surface area (Å²) in [7, 11) is 1.98. The minimum absolute atomic E-state index is 1.07. The third-order valence-electron chi connectivity index (χ3n) is 1.46. The van der Waals surface area contributed by atoms with Crippen LogP contribution in [0.5, 0.6) is 0 Å². The standard InChI is InChI=1S/C7H12N2.C2H6/c1-4-7-5-6(2)8-9(7)3;1-2/h5H,4H2,1-3H3;1-2H3. The van der Waals surface area contributed by atoms with Crippen LogP contribution >= 0.6 is 0 Å². The molecule has 2 nitrogen and oxygen atoms in total. The maximum absolute atomic E-state index is 4.20. The van der Waals surface area contributed by atoms with Crippen LogP contribution in [0.2, 0.25) is 0 Å². The molecule has 0 aromatic carbocycles. The molecule has 1 aromatic heterocycles. The summed E-state index contributed by atoms with van der Waals surface area (Å²) < 4.78 is 1.93. The molecule has 0 bridgehead atoms. The Balaban J connectivity index is 0.000000461. The van der Waals surface area contributed by atoms with Crippen molar-refractivity contribution >= 4 is 0 Å². The number of hydrogen-bond acceptors (Lipinski definition) is 1. The van der Waals surface area contributed by atoms with Gasteiger partial charge in [-0.15, -0.1) is 0 Å². The van der Waals surface area contributed by atoms with Crippen LogP contribution in [-0.4, -0.2) is 9.78 Å². The topological polar surface area (TPSA) is 17.8 Å². The molecule has 0 aliphatic rings. The Morgan fingerprint density at radius 2 is 2.00 bits per heavy atom. The predicted molar refractivity (Wildman–Crippen MR) is 48.7 cm³/mol. The van der Waals surface area contributed by atoms with E-state index in [1.165, 1.54) is 5.69 Å². The lowest BCUT2D eigenvalue weighted by Gasteiger charge is -1.92. The van der Waals surface area contributed by atoms with Gasteiger partial charge in [0.1, 0.15) is 0 Å². The normalized spacial score (nSPS) is 8.82. The largest absolute Gasteiger partial charge is 0.272 e. The summed E-state index contributed by atoms with van der Waals surface area (Å²) >= 11 is 0. The Bertz CT molecular complexity index is 201. The van der Waals surface area contributed by atoms with Crippen molar-refractivity contribution in [2.45, 2.75) is 34.1 Å². The molecule has 0 radical (unpaired) electrons. The second kappa shape index (κ2) is 4.94. The third kappa shape index (κ3) is 2.74. The molecule has 0 aliphatic heterocycles. The lowest BCUT2D eigenvalue weighted by atomic mass is 10.3.